The lowest BCUT2D eigenvalue weighted by atomic mass is 9.85. The molecular formula is C10H15N3O. The molecule has 0 aliphatic heterocycles. The molecule has 0 unspecified atom stereocenters. The molecule has 0 aromatic carbocycles. The average molecular weight is 193 g/mol. The summed E-state index contributed by atoms with van der Waals surface area (Å²) in [5.41, 5.74) is 0. The molecule has 1 N–H and O–H groups in total. The number of ether oxygens (including phenoxy) is 1. The van der Waals surface area contributed by atoms with Crippen molar-refractivity contribution in [1.29, 1.82) is 0 Å². The van der Waals surface area contributed by atoms with Crippen LogP contribution in [0.2, 0.25) is 0 Å². The molecule has 1 heterocycles. The molecule has 1 saturated carbocycles. The molecule has 1 aliphatic carbocycles. The van der Waals surface area contributed by atoms with Crippen molar-refractivity contribution in [3.8, 4) is 5.88 Å². The highest BCUT2D eigenvalue weighted by Gasteiger charge is 2.16. The van der Waals surface area contributed by atoms with E-state index in [1.54, 1.807) is 7.11 Å². The van der Waals surface area contributed by atoms with Crippen LogP contribution in [0.1, 0.15) is 19.3 Å². The van der Waals surface area contributed by atoms with Crippen molar-refractivity contribution in [1.82, 2.24) is 9.97 Å². The Kier molecular flexibility index (Phi) is 2.81. The van der Waals surface area contributed by atoms with Crippen molar-refractivity contribution >= 4 is 5.82 Å². The summed E-state index contributed by atoms with van der Waals surface area (Å²) in [6.45, 7) is 1.01. The number of nitrogens with one attached hydrogen (secondary N) is 1. The molecule has 4 nitrogen and oxygen atoms in total. The second-order valence-corrected chi connectivity index (χ2v) is 3.62. The SMILES string of the molecule is COc1cc(NCC2CCC2)ncn1. The first kappa shape index (κ1) is 9.24. The zero-order chi connectivity index (χ0) is 9.80. The van der Waals surface area contributed by atoms with Crippen LogP contribution in [0.4, 0.5) is 5.82 Å². The van der Waals surface area contributed by atoms with Gasteiger partial charge in [-0.3, -0.25) is 0 Å². The first-order chi connectivity index (χ1) is 6.88. The largest absolute Gasteiger partial charge is 0.481 e. The fraction of sp³-hybridized carbons (Fsp3) is 0.600. The first-order valence-electron chi connectivity index (χ1n) is 4.98. The van der Waals surface area contributed by atoms with Crippen molar-refractivity contribution < 1.29 is 4.74 Å². The maximum atomic E-state index is 5.01. The zero-order valence-corrected chi connectivity index (χ0v) is 8.36. The smallest absolute Gasteiger partial charge is 0.218 e. The average Bonchev–Trinajstić information content (AvgIpc) is 2.16. The highest BCUT2D eigenvalue weighted by Crippen LogP contribution is 2.26. The summed E-state index contributed by atoms with van der Waals surface area (Å²) in [4.78, 5) is 8.06. The van der Waals surface area contributed by atoms with Gasteiger partial charge in [-0.05, 0) is 18.8 Å². The molecule has 2 rings (SSSR count). The maximum Gasteiger partial charge on any atom is 0.218 e. The lowest BCUT2D eigenvalue weighted by molar-refractivity contribution is 0.333. The highest BCUT2D eigenvalue weighted by molar-refractivity contribution is 5.36. The van der Waals surface area contributed by atoms with Gasteiger partial charge in [0.25, 0.3) is 0 Å². The van der Waals surface area contributed by atoms with Gasteiger partial charge < -0.3 is 10.1 Å². The van der Waals surface area contributed by atoms with E-state index in [0.29, 0.717) is 5.88 Å². The van der Waals surface area contributed by atoms with Crippen molar-refractivity contribution in [2.24, 2.45) is 5.92 Å². The van der Waals surface area contributed by atoms with Gasteiger partial charge in [0.15, 0.2) is 0 Å². The lowest BCUT2D eigenvalue weighted by Gasteiger charge is -2.25. The Labute approximate surface area is 83.7 Å². The fourth-order valence-corrected chi connectivity index (χ4v) is 1.49. The van der Waals surface area contributed by atoms with Gasteiger partial charge in [0, 0.05) is 12.6 Å². The van der Waals surface area contributed by atoms with Crippen LogP contribution >= 0.6 is 0 Å². The number of hydrogen-bond acceptors (Lipinski definition) is 4. The maximum absolute atomic E-state index is 5.01. The molecule has 1 aromatic heterocycles. The van der Waals surface area contributed by atoms with Crippen LogP contribution in [0.3, 0.4) is 0 Å². The van der Waals surface area contributed by atoms with E-state index in [1.165, 1.54) is 25.6 Å². The zero-order valence-electron chi connectivity index (χ0n) is 8.36. The Hall–Kier alpha value is -1.32. The summed E-state index contributed by atoms with van der Waals surface area (Å²) in [6, 6.07) is 1.82. The summed E-state index contributed by atoms with van der Waals surface area (Å²) in [7, 11) is 1.61. The highest BCUT2D eigenvalue weighted by atomic mass is 16.5. The van der Waals surface area contributed by atoms with Gasteiger partial charge in [-0.15, -0.1) is 0 Å². The normalized spacial score (nSPS) is 16.1. The number of anilines is 1. The van der Waals surface area contributed by atoms with Crippen LogP contribution in [-0.2, 0) is 0 Å². The molecule has 0 atom stereocenters. The van der Waals surface area contributed by atoms with Gasteiger partial charge in [0.2, 0.25) is 5.88 Å². The standard InChI is InChI=1S/C10H15N3O/c1-14-10-5-9(12-7-13-10)11-6-8-3-2-4-8/h5,7-8H,2-4,6H2,1H3,(H,11,12,13). The third kappa shape index (κ3) is 2.13. The molecule has 0 amide bonds. The Bertz CT molecular complexity index is 299. The predicted octanol–water partition coefficient (Wildman–Crippen LogP) is 1.70. The molecule has 0 saturated heterocycles. The number of methoxy groups -OCH3 is 1. The lowest BCUT2D eigenvalue weighted by Crippen LogP contribution is -2.21. The predicted molar refractivity (Wildman–Crippen MR) is 54.4 cm³/mol. The third-order valence-corrected chi connectivity index (χ3v) is 2.65. The second kappa shape index (κ2) is 4.26. The minimum absolute atomic E-state index is 0.608. The molecule has 14 heavy (non-hydrogen) atoms. The third-order valence-electron chi connectivity index (χ3n) is 2.65. The van der Waals surface area contributed by atoms with Crippen LogP contribution in [0, 0.1) is 5.92 Å². The molecule has 4 heteroatoms. The van der Waals surface area contributed by atoms with E-state index in [1.807, 2.05) is 6.07 Å². The Balaban J connectivity index is 1.87. The molecule has 76 valence electrons. The Morgan fingerprint density at radius 3 is 3.00 bits per heavy atom. The minimum atomic E-state index is 0.608. The van der Waals surface area contributed by atoms with Crippen molar-refractivity contribution in [2.45, 2.75) is 19.3 Å². The van der Waals surface area contributed by atoms with E-state index in [9.17, 15) is 0 Å². The first-order valence-corrected chi connectivity index (χ1v) is 4.98. The fourth-order valence-electron chi connectivity index (χ4n) is 1.49. The molecule has 0 spiro atoms. The summed E-state index contributed by atoms with van der Waals surface area (Å²) < 4.78 is 5.01. The van der Waals surface area contributed by atoms with Gasteiger partial charge in [0.05, 0.1) is 7.11 Å². The van der Waals surface area contributed by atoms with Gasteiger partial charge >= 0.3 is 0 Å². The van der Waals surface area contributed by atoms with Crippen LogP contribution in [0.25, 0.3) is 0 Å². The summed E-state index contributed by atoms with van der Waals surface area (Å²) >= 11 is 0. The molecule has 1 aliphatic rings. The Morgan fingerprint density at radius 2 is 2.36 bits per heavy atom. The van der Waals surface area contributed by atoms with Crippen LogP contribution in [0.15, 0.2) is 12.4 Å². The summed E-state index contributed by atoms with van der Waals surface area (Å²) in [5, 5.41) is 3.29. The van der Waals surface area contributed by atoms with E-state index in [2.05, 4.69) is 15.3 Å². The van der Waals surface area contributed by atoms with Gasteiger partial charge in [-0.25, -0.2) is 9.97 Å². The topological polar surface area (TPSA) is 47.0 Å². The van der Waals surface area contributed by atoms with Crippen molar-refractivity contribution in [2.75, 3.05) is 19.0 Å². The van der Waals surface area contributed by atoms with Gasteiger partial charge in [0.1, 0.15) is 12.1 Å². The van der Waals surface area contributed by atoms with E-state index in [4.69, 9.17) is 4.74 Å². The number of aromatic nitrogens is 2. The van der Waals surface area contributed by atoms with E-state index < -0.39 is 0 Å². The van der Waals surface area contributed by atoms with Gasteiger partial charge in [-0.1, -0.05) is 6.42 Å². The summed E-state index contributed by atoms with van der Waals surface area (Å²) in [5.74, 6) is 2.29. The summed E-state index contributed by atoms with van der Waals surface area (Å²) in [6.07, 6.45) is 5.58. The van der Waals surface area contributed by atoms with Crippen LogP contribution in [-0.4, -0.2) is 23.6 Å². The second-order valence-electron chi connectivity index (χ2n) is 3.62. The molecule has 0 radical (unpaired) electrons. The van der Waals surface area contributed by atoms with E-state index >= 15 is 0 Å². The van der Waals surface area contributed by atoms with Crippen molar-refractivity contribution in [3.63, 3.8) is 0 Å². The molecule has 1 aromatic rings. The van der Waals surface area contributed by atoms with E-state index in [-0.39, 0.29) is 0 Å². The van der Waals surface area contributed by atoms with Crippen molar-refractivity contribution in [3.05, 3.63) is 12.4 Å². The van der Waals surface area contributed by atoms with E-state index in [0.717, 1.165) is 18.3 Å². The Morgan fingerprint density at radius 1 is 1.50 bits per heavy atom. The van der Waals surface area contributed by atoms with Crippen LogP contribution in [0.5, 0.6) is 5.88 Å². The molecule has 0 bridgehead atoms. The minimum Gasteiger partial charge on any atom is -0.481 e. The molecular weight excluding hydrogens is 178 g/mol. The van der Waals surface area contributed by atoms with Crippen LogP contribution < -0.4 is 10.1 Å². The number of hydrogen-bond donors (Lipinski definition) is 1. The number of nitrogens with zero attached hydrogens (tertiary/aromatic N) is 2. The monoisotopic (exact) mass is 193 g/mol. The van der Waals surface area contributed by atoms with Gasteiger partial charge in [-0.2, -0.15) is 0 Å². The quantitative estimate of drug-likeness (QED) is 0.790. The molecule has 1 fully saturated rings. The number of rotatable bonds is 4.